The highest BCUT2D eigenvalue weighted by atomic mass is 16.5. The minimum absolute atomic E-state index is 0.0817. The fourth-order valence-electron chi connectivity index (χ4n) is 2.91. The molecule has 1 amide bonds. The summed E-state index contributed by atoms with van der Waals surface area (Å²) < 4.78 is 10.8. The molecular weight excluding hydrogens is 280 g/mol. The Kier molecular flexibility index (Phi) is 3.88. The summed E-state index contributed by atoms with van der Waals surface area (Å²) in [5.74, 6) is 1.66. The number of aryl methyl sites for hydroxylation is 3. The van der Waals surface area contributed by atoms with Gasteiger partial charge in [0, 0.05) is 20.0 Å². The van der Waals surface area contributed by atoms with Crippen LogP contribution in [0.4, 0.5) is 0 Å². The molecule has 1 aliphatic rings. The minimum Gasteiger partial charge on any atom is -0.497 e. The number of hydrogen-bond donors (Lipinski definition) is 0. The van der Waals surface area contributed by atoms with Gasteiger partial charge in [0.15, 0.2) is 5.89 Å². The number of carbonyl (C=O) groups is 1. The van der Waals surface area contributed by atoms with Crippen LogP contribution in [0.3, 0.4) is 0 Å². The third-order valence-corrected chi connectivity index (χ3v) is 4.03. The van der Waals surface area contributed by atoms with Crippen molar-refractivity contribution >= 4 is 5.91 Å². The van der Waals surface area contributed by atoms with E-state index in [0.717, 1.165) is 25.1 Å². The van der Waals surface area contributed by atoms with Crippen LogP contribution in [0.5, 0.6) is 5.75 Å². The van der Waals surface area contributed by atoms with E-state index in [1.807, 2.05) is 17.0 Å². The molecule has 0 N–H and O–H groups in total. The first-order chi connectivity index (χ1) is 10.6. The SMILES string of the molecule is COc1ccc2c(c1)CCCN(C(=O)c1oc(C)nc1C)C2. The van der Waals surface area contributed by atoms with Crippen LogP contribution in [0.1, 0.15) is 39.7 Å². The number of aromatic nitrogens is 1. The fraction of sp³-hybridized carbons (Fsp3) is 0.412. The van der Waals surface area contributed by atoms with Gasteiger partial charge in [0.2, 0.25) is 5.76 Å². The highest BCUT2D eigenvalue weighted by Crippen LogP contribution is 2.25. The largest absolute Gasteiger partial charge is 0.497 e. The fourth-order valence-corrected chi connectivity index (χ4v) is 2.91. The summed E-state index contributed by atoms with van der Waals surface area (Å²) in [6, 6.07) is 6.04. The highest BCUT2D eigenvalue weighted by Gasteiger charge is 2.25. The Morgan fingerprint density at radius 3 is 2.82 bits per heavy atom. The molecule has 0 aliphatic carbocycles. The lowest BCUT2D eigenvalue weighted by atomic mass is 10.0. The predicted molar refractivity (Wildman–Crippen MR) is 82.0 cm³/mol. The molecule has 0 saturated heterocycles. The van der Waals surface area contributed by atoms with Gasteiger partial charge < -0.3 is 14.1 Å². The maximum Gasteiger partial charge on any atom is 0.291 e. The van der Waals surface area contributed by atoms with Crippen molar-refractivity contribution in [3.8, 4) is 5.75 Å². The second-order valence-electron chi connectivity index (χ2n) is 5.61. The number of carbonyl (C=O) groups excluding carboxylic acids is 1. The standard InChI is InChI=1S/C17H20N2O3/c1-11-16(22-12(2)18-11)17(20)19-8-4-5-13-9-15(21-3)7-6-14(13)10-19/h6-7,9H,4-5,8,10H2,1-3H3. The van der Waals surface area contributed by atoms with Crippen molar-refractivity contribution in [3.05, 3.63) is 46.7 Å². The lowest BCUT2D eigenvalue weighted by Gasteiger charge is -2.20. The molecule has 0 saturated carbocycles. The number of nitrogens with zero attached hydrogens (tertiary/aromatic N) is 2. The maximum absolute atomic E-state index is 12.7. The Bertz CT molecular complexity index is 706. The molecule has 0 bridgehead atoms. The quantitative estimate of drug-likeness (QED) is 0.855. The van der Waals surface area contributed by atoms with E-state index in [2.05, 4.69) is 11.1 Å². The Balaban J connectivity index is 1.86. The minimum atomic E-state index is -0.0817. The third-order valence-electron chi connectivity index (χ3n) is 4.03. The van der Waals surface area contributed by atoms with Gasteiger partial charge in [-0.3, -0.25) is 4.79 Å². The molecule has 5 nitrogen and oxygen atoms in total. The number of benzene rings is 1. The van der Waals surface area contributed by atoms with Crippen LogP contribution in [0, 0.1) is 13.8 Å². The normalized spacial score (nSPS) is 14.4. The summed E-state index contributed by atoms with van der Waals surface area (Å²) in [6.07, 6.45) is 1.88. The molecule has 0 atom stereocenters. The van der Waals surface area contributed by atoms with Crippen molar-refractivity contribution in [2.75, 3.05) is 13.7 Å². The Hall–Kier alpha value is -2.30. The molecule has 0 unspecified atom stereocenters. The van der Waals surface area contributed by atoms with Gasteiger partial charge in [-0.2, -0.15) is 0 Å². The molecule has 1 aromatic heterocycles. The lowest BCUT2D eigenvalue weighted by molar-refractivity contribution is 0.0711. The van der Waals surface area contributed by atoms with Crippen LogP contribution in [0.25, 0.3) is 0 Å². The first kappa shape index (κ1) is 14.6. The number of amides is 1. The van der Waals surface area contributed by atoms with Crippen molar-refractivity contribution < 1.29 is 13.9 Å². The number of fused-ring (bicyclic) bond motifs is 1. The summed E-state index contributed by atoms with van der Waals surface area (Å²) in [4.78, 5) is 18.7. The van der Waals surface area contributed by atoms with Crippen molar-refractivity contribution in [2.24, 2.45) is 0 Å². The molecule has 116 valence electrons. The molecular formula is C17H20N2O3. The van der Waals surface area contributed by atoms with Crippen LogP contribution >= 0.6 is 0 Å². The van der Waals surface area contributed by atoms with E-state index in [1.54, 1.807) is 21.0 Å². The van der Waals surface area contributed by atoms with Crippen molar-refractivity contribution in [1.29, 1.82) is 0 Å². The summed E-state index contributed by atoms with van der Waals surface area (Å²) in [5, 5.41) is 0. The van der Waals surface area contributed by atoms with Gasteiger partial charge in [-0.15, -0.1) is 0 Å². The second kappa shape index (κ2) is 5.83. The van der Waals surface area contributed by atoms with E-state index in [9.17, 15) is 4.79 Å². The first-order valence-corrected chi connectivity index (χ1v) is 7.47. The average Bonchev–Trinajstić information content (AvgIpc) is 2.73. The van der Waals surface area contributed by atoms with Gasteiger partial charge in [0.05, 0.1) is 12.8 Å². The van der Waals surface area contributed by atoms with E-state index in [1.165, 1.54) is 11.1 Å². The van der Waals surface area contributed by atoms with Crippen LogP contribution in [0.15, 0.2) is 22.6 Å². The van der Waals surface area contributed by atoms with Gasteiger partial charge in [0.25, 0.3) is 5.91 Å². The molecule has 0 fully saturated rings. The van der Waals surface area contributed by atoms with E-state index in [0.29, 0.717) is 23.9 Å². The predicted octanol–water partition coefficient (Wildman–Crippen LogP) is 2.89. The molecule has 1 aliphatic heterocycles. The summed E-state index contributed by atoms with van der Waals surface area (Å²) >= 11 is 0. The molecule has 1 aromatic carbocycles. The van der Waals surface area contributed by atoms with Gasteiger partial charge >= 0.3 is 0 Å². The smallest absolute Gasteiger partial charge is 0.291 e. The van der Waals surface area contributed by atoms with E-state index >= 15 is 0 Å². The van der Waals surface area contributed by atoms with Gasteiger partial charge in [-0.25, -0.2) is 4.98 Å². The number of rotatable bonds is 2. The van der Waals surface area contributed by atoms with Gasteiger partial charge in [0.1, 0.15) is 5.75 Å². The second-order valence-corrected chi connectivity index (χ2v) is 5.61. The zero-order valence-electron chi connectivity index (χ0n) is 13.2. The Morgan fingerprint density at radius 2 is 2.14 bits per heavy atom. The average molecular weight is 300 g/mol. The Labute approximate surface area is 129 Å². The zero-order valence-corrected chi connectivity index (χ0v) is 13.2. The molecule has 2 heterocycles. The van der Waals surface area contributed by atoms with E-state index < -0.39 is 0 Å². The third kappa shape index (κ3) is 2.71. The summed E-state index contributed by atoms with van der Waals surface area (Å²) in [6.45, 7) is 4.88. The van der Waals surface area contributed by atoms with Gasteiger partial charge in [-0.05, 0) is 43.0 Å². The molecule has 2 aromatic rings. The Morgan fingerprint density at radius 1 is 1.32 bits per heavy atom. The van der Waals surface area contributed by atoms with E-state index in [-0.39, 0.29) is 5.91 Å². The number of hydrogen-bond acceptors (Lipinski definition) is 4. The van der Waals surface area contributed by atoms with Crippen molar-refractivity contribution in [2.45, 2.75) is 33.2 Å². The van der Waals surface area contributed by atoms with Crippen LogP contribution < -0.4 is 4.74 Å². The molecule has 0 spiro atoms. The zero-order chi connectivity index (χ0) is 15.7. The van der Waals surface area contributed by atoms with Crippen LogP contribution in [-0.2, 0) is 13.0 Å². The first-order valence-electron chi connectivity index (χ1n) is 7.47. The number of ether oxygens (including phenoxy) is 1. The van der Waals surface area contributed by atoms with Crippen molar-refractivity contribution in [3.63, 3.8) is 0 Å². The molecule has 0 radical (unpaired) electrons. The van der Waals surface area contributed by atoms with Crippen LogP contribution in [-0.4, -0.2) is 29.4 Å². The number of methoxy groups -OCH3 is 1. The molecule has 22 heavy (non-hydrogen) atoms. The molecule has 3 rings (SSSR count). The maximum atomic E-state index is 12.7. The molecule has 5 heteroatoms. The van der Waals surface area contributed by atoms with Gasteiger partial charge in [-0.1, -0.05) is 6.07 Å². The van der Waals surface area contributed by atoms with Crippen LogP contribution in [0.2, 0.25) is 0 Å². The highest BCUT2D eigenvalue weighted by molar-refractivity contribution is 5.92. The number of oxazole rings is 1. The lowest BCUT2D eigenvalue weighted by Crippen LogP contribution is -2.30. The van der Waals surface area contributed by atoms with Crippen molar-refractivity contribution in [1.82, 2.24) is 9.88 Å². The monoisotopic (exact) mass is 300 g/mol. The summed E-state index contributed by atoms with van der Waals surface area (Å²) in [5.41, 5.74) is 3.07. The topological polar surface area (TPSA) is 55.6 Å². The van der Waals surface area contributed by atoms with E-state index in [4.69, 9.17) is 9.15 Å². The summed E-state index contributed by atoms with van der Waals surface area (Å²) in [7, 11) is 1.67.